The van der Waals surface area contributed by atoms with Crippen molar-refractivity contribution in [3.05, 3.63) is 29.8 Å². The van der Waals surface area contributed by atoms with E-state index in [4.69, 9.17) is 9.84 Å². The highest BCUT2D eigenvalue weighted by Gasteiger charge is 2.23. The number of hydrogen-bond donors (Lipinski definition) is 1. The molecule has 5 nitrogen and oxygen atoms in total. The first kappa shape index (κ1) is 20.3. The van der Waals surface area contributed by atoms with E-state index in [0.29, 0.717) is 18.8 Å². The number of aliphatic carboxylic acids is 1. The van der Waals surface area contributed by atoms with Crippen LogP contribution < -0.4 is 4.74 Å². The molecule has 1 unspecified atom stereocenters. The van der Waals surface area contributed by atoms with Gasteiger partial charge in [-0.3, -0.25) is 9.59 Å². The van der Waals surface area contributed by atoms with Gasteiger partial charge in [-0.05, 0) is 62.1 Å². The highest BCUT2D eigenvalue weighted by Crippen LogP contribution is 2.22. The molecule has 0 aliphatic carbocycles. The predicted octanol–water partition coefficient (Wildman–Crippen LogP) is 3.90. The Hall–Kier alpha value is -2.04. The fourth-order valence-corrected chi connectivity index (χ4v) is 3.59. The van der Waals surface area contributed by atoms with E-state index in [1.54, 1.807) is 7.11 Å². The first-order valence-electron chi connectivity index (χ1n) is 9.71. The molecule has 5 heteroatoms. The fraction of sp³-hybridized carbons (Fsp3) is 0.619. The standard InChI is InChI=1S/C21H31NO4/c1-26-19-12-9-17(10-13-19)6-3-2-4-8-20(23)22-15-5-7-18(16-22)11-14-21(24)25/h9-10,12-13,18H,2-8,11,14-16H2,1H3,(H,24,25). The number of carboxylic acids is 1. The van der Waals surface area contributed by atoms with Crippen LogP contribution >= 0.6 is 0 Å². The normalized spacial score (nSPS) is 17.1. The second-order valence-electron chi connectivity index (χ2n) is 7.19. The highest BCUT2D eigenvalue weighted by molar-refractivity contribution is 5.76. The lowest BCUT2D eigenvalue weighted by atomic mass is 9.93. The van der Waals surface area contributed by atoms with Crippen molar-refractivity contribution in [3.63, 3.8) is 0 Å². The van der Waals surface area contributed by atoms with Gasteiger partial charge in [0.05, 0.1) is 7.11 Å². The largest absolute Gasteiger partial charge is 0.497 e. The van der Waals surface area contributed by atoms with Crippen LogP contribution in [0.25, 0.3) is 0 Å². The summed E-state index contributed by atoms with van der Waals surface area (Å²) in [6, 6.07) is 8.15. The molecule has 0 radical (unpaired) electrons. The topological polar surface area (TPSA) is 66.8 Å². The molecule has 1 heterocycles. The van der Waals surface area contributed by atoms with E-state index in [-0.39, 0.29) is 12.3 Å². The molecule has 2 rings (SSSR count). The van der Waals surface area contributed by atoms with Crippen molar-refractivity contribution in [2.24, 2.45) is 5.92 Å². The van der Waals surface area contributed by atoms with Crippen LogP contribution in [0.2, 0.25) is 0 Å². The van der Waals surface area contributed by atoms with Crippen LogP contribution in [0.4, 0.5) is 0 Å². The minimum Gasteiger partial charge on any atom is -0.497 e. The number of piperidine rings is 1. The molecule has 1 N–H and O–H groups in total. The van der Waals surface area contributed by atoms with Crippen LogP contribution in [0.5, 0.6) is 5.75 Å². The molecule has 1 amide bonds. The van der Waals surface area contributed by atoms with Gasteiger partial charge in [-0.1, -0.05) is 18.6 Å². The van der Waals surface area contributed by atoms with Gasteiger partial charge in [-0.25, -0.2) is 0 Å². The monoisotopic (exact) mass is 361 g/mol. The summed E-state index contributed by atoms with van der Waals surface area (Å²) in [5.41, 5.74) is 1.30. The molecule has 0 bridgehead atoms. The van der Waals surface area contributed by atoms with Crippen LogP contribution in [0, 0.1) is 5.92 Å². The number of unbranched alkanes of at least 4 members (excludes halogenated alkanes) is 2. The zero-order valence-corrected chi connectivity index (χ0v) is 15.8. The number of carboxylic acid groups (broad SMARTS) is 1. The van der Waals surface area contributed by atoms with Crippen molar-refractivity contribution in [1.29, 1.82) is 0 Å². The van der Waals surface area contributed by atoms with Crippen LogP contribution in [0.15, 0.2) is 24.3 Å². The number of hydrogen-bond acceptors (Lipinski definition) is 3. The number of carbonyl (C=O) groups excluding carboxylic acids is 1. The van der Waals surface area contributed by atoms with Crippen LogP contribution in [-0.2, 0) is 16.0 Å². The lowest BCUT2D eigenvalue weighted by Crippen LogP contribution is -2.39. The molecular weight excluding hydrogens is 330 g/mol. The molecule has 144 valence electrons. The first-order valence-corrected chi connectivity index (χ1v) is 9.71. The van der Waals surface area contributed by atoms with Gasteiger partial charge in [0.2, 0.25) is 5.91 Å². The Morgan fingerprint density at radius 2 is 1.92 bits per heavy atom. The summed E-state index contributed by atoms with van der Waals surface area (Å²) in [7, 11) is 1.67. The van der Waals surface area contributed by atoms with Gasteiger partial charge in [-0.15, -0.1) is 0 Å². The maximum Gasteiger partial charge on any atom is 0.303 e. The van der Waals surface area contributed by atoms with Crippen LogP contribution in [-0.4, -0.2) is 42.1 Å². The fourth-order valence-electron chi connectivity index (χ4n) is 3.59. The minimum atomic E-state index is -0.745. The third-order valence-corrected chi connectivity index (χ3v) is 5.15. The number of ether oxygens (including phenoxy) is 1. The Balaban J connectivity index is 1.61. The SMILES string of the molecule is COc1ccc(CCCCCC(=O)N2CCCC(CCC(=O)O)C2)cc1. The maximum absolute atomic E-state index is 12.4. The molecule has 1 aromatic rings. The van der Waals surface area contributed by atoms with E-state index in [0.717, 1.165) is 57.4 Å². The average molecular weight is 361 g/mol. The molecule has 1 atom stereocenters. The van der Waals surface area contributed by atoms with Crippen molar-refractivity contribution in [2.45, 2.75) is 57.8 Å². The number of amides is 1. The van der Waals surface area contributed by atoms with E-state index >= 15 is 0 Å². The molecule has 1 saturated heterocycles. The van der Waals surface area contributed by atoms with E-state index in [1.807, 2.05) is 17.0 Å². The van der Waals surface area contributed by atoms with Crippen molar-refractivity contribution >= 4 is 11.9 Å². The summed E-state index contributed by atoms with van der Waals surface area (Å²) in [4.78, 5) is 25.0. The minimum absolute atomic E-state index is 0.206. The lowest BCUT2D eigenvalue weighted by Gasteiger charge is -2.32. The Morgan fingerprint density at radius 1 is 1.15 bits per heavy atom. The molecule has 1 fully saturated rings. The van der Waals surface area contributed by atoms with E-state index in [9.17, 15) is 9.59 Å². The Bertz CT molecular complexity index is 570. The smallest absolute Gasteiger partial charge is 0.303 e. The Labute approximate surface area is 156 Å². The second-order valence-corrected chi connectivity index (χ2v) is 7.19. The van der Waals surface area contributed by atoms with Crippen molar-refractivity contribution in [1.82, 2.24) is 4.90 Å². The zero-order chi connectivity index (χ0) is 18.8. The number of aryl methyl sites for hydroxylation is 1. The van der Waals surface area contributed by atoms with Gasteiger partial charge in [0.1, 0.15) is 5.75 Å². The summed E-state index contributed by atoms with van der Waals surface area (Å²) in [5, 5.41) is 8.81. The second kappa shape index (κ2) is 10.8. The van der Waals surface area contributed by atoms with Gasteiger partial charge in [0.25, 0.3) is 0 Å². The summed E-state index contributed by atoms with van der Waals surface area (Å²) < 4.78 is 5.16. The maximum atomic E-state index is 12.4. The molecule has 0 spiro atoms. The van der Waals surface area contributed by atoms with Gasteiger partial charge in [-0.2, -0.15) is 0 Å². The average Bonchev–Trinajstić information content (AvgIpc) is 2.66. The van der Waals surface area contributed by atoms with E-state index < -0.39 is 5.97 Å². The third kappa shape index (κ3) is 7.06. The Morgan fingerprint density at radius 3 is 2.62 bits per heavy atom. The summed E-state index contributed by atoms with van der Waals surface area (Å²) in [6.45, 7) is 1.56. The number of methoxy groups -OCH3 is 1. The van der Waals surface area contributed by atoms with E-state index in [1.165, 1.54) is 5.56 Å². The first-order chi connectivity index (χ1) is 12.6. The number of benzene rings is 1. The number of likely N-dealkylation sites (tertiary alicyclic amines) is 1. The van der Waals surface area contributed by atoms with Gasteiger partial charge in [0, 0.05) is 25.9 Å². The predicted molar refractivity (Wildman–Crippen MR) is 101 cm³/mol. The van der Waals surface area contributed by atoms with Crippen molar-refractivity contribution < 1.29 is 19.4 Å². The van der Waals surface area contributed by atoms with Gasteiger partial charge < -0.3 is 14.7 Å². The molecule has 0 aromatic heterocycles. The number of carbonyl (C=O) groups is 2. The molecule has 1 aliphatic heterocycles. The third-order valence-electron chi connectivity index (χ3n) is 5.15. The zero-order valence-electron chi connectivity index (χ0n) is 15.8. The van der Waals surface area contributed by atoms with Gasteiger partial charge in [0.15, 0.2) is 0 Å². The lowest BCUT2D eigenvalue weighted by molar-refractivity contribution is -0.137. The molecular formula is C21H31NO4. The van der Waals surface area contributed by atoms with Crippen molar-refractivity contribution in [3.8, 4) is 5.75 Å². The Kier molecular flexibility index (Phi) is 8.45. The number of nitrogens with zero attached hydrogens (tertiary/aromatic N) is 1. The molecule has 0 saturated carbocycles. The highest BCUT2D eigenvalue weighted by atomic mass is 16.5. The number of rotatable bonds is 10. The molecule has 1 aliphatic rings. The summed E-state index contributed by atoms with van der Waals surface area (Å²) >= 11 is 0. The molecule has 26 heavy (non-hydrogen) atoms. The summed E-state index contributed by atoms with van der Waals surface area (Å²) in [5.74, 6) is 0.709. The van der Waals surface area contributed by atoms with Crippen molar-refractivity contribution in [2.75, 3.05) is 20.2 Å². The summed E-state index contributed by atoms with van der Waals surface area (Å²) in [6.07, 6.45) is 7.61. The molecule has 1 aromatic carbocycles. The quantitative estimate of drug-likeness (QED) is 0.642. The van der Waals surface area contributed by atoms with Crippen LogP contribution in [0.1, 0.15) is 56.9 Å². The van der Waals surface area contributed by atoms with Gasteiger partial charge >= 0.3 is 5.97 Å². The van der Waals surface area contributed by atoms with E-state index in [2.05, 4.69) is 12.1 Å². The van der Waals surface area contributed by atoms with Crippen LogP contribution in [0.3, 0.4) is 0 Å².